The molecule has 1 saturated heterocycles. The maximum Gasteiger partial charge on any atom is 0.310 e. The third-order valence-electron chi connectivity index (χ3n) is 5.03. The lowest BCUT2D eigenvalue weighted by atomic mass is 9.98. The quantitative estimate of drug-likeness (QED) is 0.160. The molecule has 1 aromatic rings. The van der Waals surface area contributed by atoms with Crippen molar-refractivity contribution in [3.8, 4) is 5.75 Å². The fraction of sp³-hybridized carbons (Fsp3) is 0.652. The summed E-state index contributed by atoms with van der Waals surface area (Å²) in [6.07, 6.45) is 2.85. The summed E-state index contributed by atoms with van der Waals surface area (Å²) >= 11 is 0. The minimum atomic E-state index is -0.0979. The van der Waals surface area contributed by atoms with Crippen LogP contribution in [0.1, 0.15) is 38.7 Å². The van der Waals surface area contributed by atoms with Crippen LogP contribution in [0.5, 0.6) is 5.75 Å². The van der Waals surface area contributed by atoms with Crippen molar-refractivity contribution in [2.24, 2.45) is 10.9 Å². The molecule has 0 spiro atoms. The Hall–Kier alpha value is -1.55. The Balaban J connectivity index is 0.00000480. The molecular weight excluding hydrogens is 507 g/mol. The van der Waals surface area contributed by atoms with Crippen LogP contribution in [0, 0.1) is 5.92 Å². The van der Waals surface area contributed by atoms with Crippen molar-refractivity contribution in [1.29, 1.82) is 0 Å². The predicted molar refractivity (Wildman–Crippen MR) is 136 cm³/mol. The number of rotatable bonds is 10. The van der Waals surface area contributed by atoms with Crippen molar-refractivity contribution in [1.82, 2.24) is 15.1 Å². The third kappa shape index (κ3) is 10.1. The molecule has 1 aliphatic rings. The standard InChI is InChI=1S/C23H38N4O3.HI/c1-5-24-23(27-15-7-9-20(18-27)22(28)29-6-2)25-17-19-10-12-21(13-11-19)30-16-8-14-26(3)4;/h10-13,20H,5-9,14-18H2,1-4H3,(H,24,25);1H. The molecule has 0 bridgehead atoms. The molecule has 0 aliphatic carbocycles. The van der Waals surface area contributed by atoms with Crippen LogP contribution in [0.15, 0.2) is 29.3 Å². The molecule has 8 heteroatoms. The summed E-state index contributed by atoms with van der Waals surface area (Å²) in [5, 5.41) is 3.36. The van der Waals surface area contributed by atoms with E-state index in [1.807, 2.05) is 19.1 Å². The number of hydrogen-bond acceptors (Lipinski definition) is 5. The van der Waals surface area contributed by atoms with Gasteiger partial charge in [-0.05, 0) is 64.9 Å². The van der Waals surface area contributed by atoms with Crippen LogP contribution in [-0.2, 0) is 16.1 Å². The first-order valence-electron chi connectivity index (χ1n) is 11.1. The summed E-state index contributed by atoms with van der Waals surface area (Å²) in [6.45, 7) is 9.02. The molecule has 1 unspecified atom stereocenters. The third-order valence-corrected chi connectivity index (χ3v) is 5.03. The van der Waals surface area contributed by atoms with Crippen LogP contribution in [0.4, 0.5) is 0 Å². The summed E-state index contributed by atoms with van der Waals surface area (Å²) in [5.41, 5.74) is 1.13. The van der Waals surface area contributed by atoms with E-state index in [0.717, 1.165) is 62.8 Å². The maximum absolute atomic E-state index is 12.1. The van der Waals surface area contributed by atoms with E-state index in [1.54, 1.807) is 0 Å². The molecular formula is C23H39IN4O3. The molecule has 1 N–H and O–H groups in total. The highest BCUT2D eigenvalue weighted by atomic mass is 127. The number of likely N-dealkylation sites (tertiary alicyclic amines) is 1. The molecule has 176 valence electrons. The van der Waals surface area contributed by atoms with Gasteiger partial charge in [0.05, 0.1) is 25.7 Å². The van der Waals surface area contributed by atoms with E-state index in [4.69, 9.17) is 14.5 Å². The van der Waals surface area contributed by atoms with Crippen molar-refractivity contribution in [2.45, 2.75) is 39.7 Å². The fourth-order valence-corrected chi connectivity index (χ4v) is 3.48. The first-order chi connectivity index (χ1) is 14.5. The number of carbonyl (C=O) groups excluding carboxylic acids is 1. The molecule has 2 rings (SSSR count). The number of hydrogen-bond donors (Lipinski definition) is 1. The molecule has 1 aromatic carbocycles. The van der Waals surface area contributed by atoms with Gasteiger partial charge in [-0.25, -0.2) is 4.99 Å². The second-order valence-electron chi connectivity index (χ2n) is 7.86. The van der Waals surface area contributed by atoms with Crippen molar-refractivity contribution in [2.75, 3.05) is 53.5 Å². The fourth-order valence-electron chi connectivity index (χ4n) is 3.48. The number of esters is 1. The second-order valence-corrected chi connectivity index (χ2v) is 7.86. The van der Waals surface area contributed by atoms with Gasteiger partial charge in [0.1, 0.15) is 5.75 Å². The number of guanidine groups is 1. The number of nitrogens with one attached hydrogen (secondary N) is 1. The lowest BCUT2D eigenvalue weighted by Crippen LogP contribution is -2.48. The minimum absolute atomic E-state index is 0. The highest BCUT2D eigenvalue weighted by Gasteiger charge is 2.28. The van der Waals surface area contributed by atoms with Gasteiger partial charge in [0.2, 0.25) is 0 Å². The molecule has 1 atom stereocenters. The topological polar surface area (TPSA) is 66.4 Å². The van der Waals surface area contributed by atoms with Gasteiger partial charge in [0, 0.05) is 26.2 Å². The normalized spacial score (nSPS) is 16.6. The minimum Gasteiger partial charge on any atom is -0.494 e. The van der Waals surface area contributed by atoms with Crippen LogP contribution in [0.3, 0.4) is 0 Å². The summed E-state index contributed by atoms with van der Waals surface area (Å²) in [7, 11) is 4.13. The monoisotopic (exact) mass is 546 g/mol. The molecule has 31 heavy (non-hydrogen) atoms. The Morgan fingerprint density at radius 2 is 2.00 bits per heavy atom. The Morgan fingerprint density at radius 1 is 1.26 bits per heavy atom. The van der Waals surface area contributed by atoms with E-state index in [1.165, 1.54) is 0 Å². The number of aliphatic imine (C=N–C) groups is 1. The molecule has 1 aliphatic heterocycles. The molecule has 0 saturated carbocycles. The Labute approximate surface area is 204 Å². The van der Waals surface area contributed by atoms with Gasteiger partial charge in [-0.1, -0.05) is 12.1 Å². The summed E-state index contributed by atoms with van der Waals surface area (Å²) in [5.74, 6) is 1.57. The van der Waals surface area contributed by atoms with E-state index >= 15 is 0 Å². The molecule has 1 fully saturated rings. The molecule has 7 nitrogen and oxygen atoms in total. The average Bonchev–Trinajstić information content (AvgIpc) is 2.75. The van der Waals surface area contributed by atoms with Gasteiger partial charge in [-0.2, -0.15) is 0 Å². The number of nitrogens with zero attached hydrogens (tertiary/aromatic N) is 3. The SMILES string of the molecule is CCNC(=NCc1ccc(OCCCN(C)C)cc1)N1CCCC(C(=O)OCC)C1.I. The van der Waals surface area contributed by atoms with Crippen LogP contribution < -0.4 is 10.1 Å². The number of carbonyl (C=O) groups is 1. The van der Waals surface area contributed by atoms with E-state index in [9.17, 15) is 4.79 Å². The van der Waals surface area contributed by atoms with Crippen molar-refractivity contribution < 1.29 is 14.3 Å². The van der Waals surface area contributed by atoms with Crippen LogP contribution >= 0.6 is 24.0 Å². The Morgan fingerprint density at radius 3 is 2.65 bits per heavy atom. The van der Waals surface area contributed by atoms with E-state index in [2.05, 4.69) is 48.3 Å². The lowest BCUT2D eigenvalue weighted by molar-refractivity contribution is -0.149. The zero-order valence-electron chi connectivity index (χ0n) is 19.4. The smallest absolute Gasteiger partial charge is 0.310 e. The average molecular weight is 546 g/mol. The van der Waals surface area contributed by atoms with Gasteiger partial charge >= 0.3 is 5.97 Å². The van der Waals surface area contributed by atoms with Gasteiger partial charge in [0.25, 0.3) is 0 Å². The summed E-state index contributed by atoms with van der Waals surface area (Å²) < 4.78 is 11.0. The zero-order chi connectivity index (χ0) is 21.8. The highest BCUT2D eigenvalue weighted by Crippen LogP contribution is 2.19. The maximum atomic E-state index is 12.1. The van der Waals surface area contributed by atoms with Crippen LogP contribution in [0.2, 0.25) is 0 Å². The molecule has 0 amide bonds. The van der Waals surface area contributed by atoms with Gasteiger partial charge < -0.3 is 24.6 Å². The zero-order valence-corrected chi connectivity index (χ0v) is 21.8. The Kier molecular flexibility index (Phi) is 13.6. The summed E-state index contributed by atoms with van der Waals surface area (Å²) in [4.78, 5) is 21.3. The first kappa shape index (κ1) is 27.5. The van der Waals surface area contributed by atoms with Crippen LogP contribution in [-0.4, -0.2) is 75.2 Å². The van der Waals surface area contributed by atoms with E-state index in [-0.39, 0.29) is 35.9 Å². The number of ether oxygens (including phenoxy) is 2. The highest BCUT2D eigenvalue weighted by molar-refractivity contribution is 14.0. The summed E-state index contributed by atoms with van der Waals surface area (Å²) in [6, 6.07) is 8.13. The molecule has 1 heterocycles. The number of halogens is 1. The Bertz CT molecular complexity index is 667. The first-order valence-corrected chi connectivity index (χ1v) is 11.1. The van der Waals surface area contributed by atoms with E-state index in [0.29, 0.717) is 19.7 Å². The van der Waals surface area contributed by atoms with Crippen LogP contribution in [0.25, 0.3) is 0 Å². The van der Waals surface area contributed by atoms with Gasteiger partial charge in [0.15, 0.2) is 5.96 Å². The number of piperidine rings is 1. The van der Waals surface area contributed by atoms with Gasteiger partial charge in [-0.15, -0.1) is 24.0 Å². The second kappa shape index (κ2) is 15.3. The van der Waals surface area contributed by atoms with E-state index < -0.39 is 0 Å². The van der Waals surface area contributed by atoms with Crippen molar-refractivity contribution in [3.05, 3.63) is 29.8 Å². The predicted octanol–water partition coefficient (Wildman–Crippen LogP) is 3.38. The number of benzene rings is 1. The molecule has 0 aromatic heterocycles. The van der Waals surface area contributed by atoms with Crippen molar-refractivity contribution in [3.63, 3.8) is 0 Å². The molecule has 0 radical (unpaired) electrons. The largest absolute Gasteiger partial charge is 0.494 e. The lowest BCUT2D eigenvalue weighted by Gasteiger charge is -2.34. The van der Waals surface area contributed by atoms with Gasteiger partial charge in [-0.3, -0.25) is 4.79 Å². The van der Waals surface area contributed by atoms with Crippen molar-refractivity contribution >= 4 is 35.9 Å².